The molecule has 0 radical (unpaired) electrons. The Morgan fingerprint density at radius 3 is 2.34 bits per heavy atom. The second-order valence-corrected chi connectivity index (χ2v) is 9.17. The smallest absolute Gasteiger partial charge is 0.234 e. The van der Waals surface area contributed by atoms with Crippen LogP contribution in [0.4, 0.5) is 4.39 Å². The molecule has 1 unspecified atom stereocenters. The lowest BCUT2D eigenvalue weighted by atomic mass is 9.97. The summed E-state index contributed by atoms with van der Waals surface area (Å²) >= 11 is 1.56. The van der Waals surface area contributed by atoms with E-state index < -0.39 is 0 Å². The maximum atomic E-state index is 13.4. The van der Waals surface area contributed by atoms with Crippen molar-refractivity contribution in [3.8, 4) is 17.2 Å². The van der Waals surface area contributed by atoms with Gasteiger partial charge in [0.1, 0.15) is 23.1 Å². The molecule has 2 aromatic carbocycles. The maximum Gasteiger partial charge on any atom is 0.234 e. The Labute approximate surface area is 208 Å². The number of methoxy groups -OCH3 is 3. The van der Waals surface area contributed by atoms with Gasteiger partial charge in [-0.3, -0.25) is 9.69 Å². The maximum absolute atomic E-state index is 13.4. The van der Waals surface area contributed by atoms with Gasteiger partial charge < -0.3 is 19.5 Å². The van der Waals surface area contributed by atoms with Gasteiger partial charge in [-0.05, 0) is 41.1 Å². The van der Waals surface area contributed by atoms with Crippen molar-refractivity contribution in [3.05, 3.63) is 81.8 Å². The molecule has 0 fully saturated rings. The number of amides is 1. The summed E-state index contributed by atoms with van der Waals surface area (Å²) in [6.07, 6.45) is 2.86. The highest BCUT2D eigenvalue weighted by molar-refractivity contribution is 7.10. The SMILES string of the molecule is COc1cc(OC)c(C2=CCN(CC(=O)NC(c3ccc(F)cc3)c3cccs3)CC2)c(OC)c1. The van der Waals surface area contributed by atoms with E-state index in [9.17, 15) is 9.18 Å². The molecule has 1 aromatic heterocycles. The van der Waals surface area contributed by atoms with Crippen LogP contribution in [0, 0.1) is 5.82 Å². The normalized spacial score (nSPS) is 14.7. The van der Waals surface area contributed by atoms with E-state index in [1.807, 2.05) is 29.6 Å². The fourth-order valence-corrected chi connectivity index (χ4v) is 5.05. The minimum atomic E-state index is -0.313. The minimum absolute atomic E-state index is 0.0795. The summed E-state index contributed by atoms with van der Waals surface area (Å²) in [7, 11) is 4.86. The molecular weight excluding hydrogens is 467 g/mol. The number of rotatable bonds is 9. The van der Waals surface area contributed by atoms with Gasteiger partial charge in [0, 0.05) is 30.1 Å². The summed E-state index contributed by atoms with van der Waals surface area (Å²) in [5.74, 6) is 1.67. The van der Waals surface area contributed by atoms with Crippen LogP contribution in [0.5, 0.6) is 17.2 Å². The van der Waals surface area contributed by atoms with E-state index in [0.717, 1.165) is 34.5 Å². The van der Waals surface area contributed by atoms with Crippen LogP contribution in [0.1, 0.15) is 28.5 Å². The zero-order chi connectivity index (χ0) is 24.8. The van der Waals surface area contributed by atoms with Crippen molar-refractivity contribution in [2.75, 3.05) is 41.0 Å². The summed E-state index contributed by atoms with van der Waals surface area (Å²) < 4.78 is 30.0. The first-order chi connectivity index (χ1) is 17.0. The van der Waals surface area contributed by atoms with Crippen molar-refractivity contribution in [3.63, 3.8) is 0 Å². The summed E-state index contributed by atoms with van der Waals surface area (Å²) in [4.78, 5) is 16.1. The first kappa shape index (κ1) is 24.8. The molecule has 8 heteroatoms. The van der Waals surface area contributed by atoms with E-state index in [4.69, 9.17) is 14.2 Å². The molecule has 0 bridgehead atoms. The molecular formula is C27H29FN2O4S. The average molecular weight is 497 g/mol. The number of hydrogen-bond acceptors (Lipinski definition) is 6. The zero-order valence-electron chi connectivity index (χ0n) is 20.0. The summed E-state index contributed by atoms with van der Waals surface area (Å²) in [5.41, 5.74) is 2.87. The van der Waals surface area contributed by atoms with Gasteiger partial charge in [0.15, 0.2) is 0 Å². The van der Waals surface area contributed by atoms with Crippen LogP contribution in [0.25, 0.3) is 5.57 Å². The molecule has 184 valence electrons. The first-order valence-electron chi connectivity index (χ1n) is 11.3. The van der Waals surface area contributed by atoms with Crippen LogP contribution in [0.3, 0.4) is 0 Å². The Balaban J connectivity index is 1.45. The van der Waals surface area contributed by atoms with Crippen LogP contribution in [0.2, 0.25) is 0 Å². The monoisotopic (exact) mass is 496 g/mol. The van der Waals surface area contributed by atoms with Gasteiger partial charge in [-0.15, -0.1) is 11.3 Å². The second-order valence-electron chi connectivity index (χ2n) is 8.19. The molecule has 4 rings (SSSR count). The number of thiophene rings is 1. The Morgan fingerprint density at radius 2 is 1.80 bits per heavy atom. The lowest BCUT2D eigenvalue weighted by Crippen LogP contribution is -2.40. The largest absolute Gasteiger partial charge is 0.496 e. The van der Waals surface area contributed by atoms with Crippen molar-refractivity contribution in [2.24, 2.45) is 0 Å². The Bertz CT molecular complexity index is 1150. The minimum Gasteiger partial charge on any atom is -0.496 e. The van der Waals surface area contributed by atoms with Gasteiger partial charge in [0.2, 0.25) is 5.91 Å². The molecule has 3 aromatic rings. The number of nitrogens with one attached hydrogen (secondary N) is 1. The van der Waals surface area contributed by atoms with Crippen LogP contribution in [-0.2, 0) is 4.79 Å². The average Bonchev–Trinajstić information content (AvgIpc) is 3.42. The predicted molar refractivity (Wildman–Crippen MR) is 136 cm³/mol. The van der Waals surface area contributed by atoms with Gasteiger partial charge in [-0.25, -0.2) is 4.39 Å². The van der Waals surface area contributed by atoms with Crippen molar-refractivity contribution in [1.29, 1.82) is 0 Å². The van der Waals surface area contributed by atoms with Gasteiger partial charge in [0.25, 0.3) is 0 Å². The van der Waals surface area contributed by atoms with E-state index in [1.165, 1.54) is 12.1 Å². The van der Waals surface area contributed by atoms with Crippen molar-refractivity contribution in [2.45, 2.75) is 12.5 Å². The van der Waals surface area contributed by atoms with E-state index >= 15 is 0 Å². The lowest BCUT2D eigenvalue weighted by molar-refractivity contribution is -0.122. The van der Waals surface area contributed by atoms with Crippen molar-refractivity contribution in [1.82, 2.24) is 10.2 Å². The van der Waals surface area contributed by atoms with Gasteiger partial charge >= 0.3 is 0 Å². The number of nitrogens with zero attached hydrogens (tertiary/aromatic N) is 1. The third-order valence-electron chi connectivity index (χ3n) is 6.03. The quantitative estimate of drug-likeness (QED) is 0.456. The first-order valence-corrected chi connectivity index (χ1v) is 12.2. The molecule has 2 heterocycles. The molecule has 0 saturated heterocycles. The second kappa shape index (κ2) is 11.4. The number of hydrogen-bond donors (Lipinski definition) is 1. The van der Waals surface area contributed by atoms with Crippen LogP contribution in [-0.4, -0.2) is 51.8 Å². The summed E-state index contributed by atoms with van der Waals surface area (Å²) in [6.45, 7) is 1.61. The van der Waals surface area contributed by atoms with Gasteiger partial charge in [-0.2, -0.15) is 0 Å². The molecule has 0 aliphatic carbocycles. The Morgan fingerprint density at radius 1 is 1.09 bits per heavy atom. The fourth-order valence-electron chi connectivity index (χ4n) is 4.24. The Kier molecular flexibility index (Phi) is 8.05. The number of carbonyl (C=O) groups excluding carboxylic acids is 1. The van der Waals surface area contributed by atoms with Crippen molar-refractivity contribution >= 4 is 22.8 Å². The number of ether oxygens (including phenoxy) is 3. The lowest BCUT2D eigenvalue weighted by Gasteiger charge is -2.28. The number of benzene rings is 2. The van der Waals surface area contributed by atoms with E-state index in [0.29, 0.717) is 23.8 Å². The molecule has 1 aliphatic rings. The topological polar surface area (TPSA) is 60.0 Å². The highest BCUT2D eigenvalue weighted by Crippen LogP contribution is 2.40. The molecule has 0 spiro atoms. The number of halogens is 1. The highest BCUT2D eigenvalue weighted by Gasteiger charge is 2.23. The fraction of sp³-hybridized carbons (Fsp3) is 0.296. The molecule has 1 N–H and O–H groups in total. The summed E-state index contributed by atoms with van der Waals surface area (Å²) in [6, 6.07) is 13.6. The van der Waals surface area contributed by atoms with E-state index in [-0.39, 0.29) is 24.3 Å². The Hall–Kier alpha value is -3.36. The zero-order valence-corrected chi connectivity index (χ0v) is 20.9. The molecule has 6 nitrogen and oxygen atoms in total. The molecule has 1 atom stereocenters. The van der Waals surface area contributed by atoms with Crippen LogP contribution < -0.4 is 19.5 Å². The van der Waals surface area contributed by atoms with E-state index in [1.54, 1.807) is 44.8 Å². The predicted octanol–water partition coefficient (Wildman–Crippen LogP) is 4.91. The molecule has 0 saturated carbocycles. The third kappa shape index (κ3) is 5.83. The third-order valence-corrected chi connectivity index (χ3v) is 6.97. The molecule has 1 amide bonds. The van der Waals surface area contributed by atoms with Gasteiger partial charge in [-0.1, -0.05) is 24.3 Å². The molecule has 1 aliphatic heterocycles. The van der Waals surface area contributed by atoms with Gasteiger partial charge in [0.05, 0.1) is 39.5 Å². The van der Waals surface area contributed by atoms with Crippen molar-refractivity contribution < 1.29 is 23.4 Å². The van der Waals surface area contributed by atoms with Crippen LogP contribution >= 0.6 is 11.3 Å². The number of carbonyl (C=O) groups is 1. The standard InChI is InChI=1S/C27H29FN2O4S/c1-32-21-15-22(33-2)26(23(16-21)34-3)18-10-12-30(13-11-18)17-25(31)29-27(24-5-4-14-35-24)19-6-8-20(28)9-7-19/h4-10,14-16,27H,11-13,17H2,1-3H3,(H,29,31). The molecule has 35 heavy (non-hydrogen) atoms. The van der Waals surface area contributed by atoms with E-state index in [2.05, 4.69) is 16.3 Å². The van der Waals surface area contributed by atoms with Crippen LogP contribution in [0.15, 0.2) is 60.0 Å². The highest BCUT2D eigenvalue weighted by atomic mass is 32.1. The summed E-state index contributed by atoms with van der Waals surface area (Å²) in [5, 5.41) is 5.10.